The van der Waals surface area contributed by atoms with Gasteiger partial charge < -0.3 is 10.5 Å². The molecule has 86 valence electrons. The van der Waals surface area contributed by atoms with Gasteiger partial charge in [0, 0.05) is 18.3 Å². The maximum Gasteiger partial charge on any atom is 0.139 e. The van der Waals surface area contributed by atoms with Crippen molar-refractivity contribution >= 4 is 0 Å². The van der Waals surface area contributed by atoms with Crippen molar-refractivity contribution in [2.24, 2.45) is 5.73 Å². The Bertz CT molecular complexity index is 318. The molecule has 0 aliphatic rings. The van der Waals surface area contributed by atoms with Gasteiger partial charge in [-0.1, -0.05) is 0 Å². The van der Waals surface area contributed by atoms with E-state index in [0.29, 0.717) is 13.3 Å². The fraction of sp³-hybridized carbons (Fsp3) is 0.727. The van der Waals surface area contributed by atoms with E-state index in [1.807, 2.05) is 25.5 Å². The molecule has 0 aliphatic heterocycles. The van der Waals surface area contributed by atoms with Gasteiger partial charge in [-0.05, 0) is 39.7 Å². The van der Waals surface area contributed by atoms with Crippen molar-refractivity contribution in [3.8, 4) is 0 Å². The monoisotopic (exact) mass is 211 g/mol. The zero-order valence-corrected chi connectivity index (χ0v) is 10.1. The number of ether oxygens (including phenoxy) is 1. The average molecular weight is 211 g/mol. The molecule has 0 amide bonds. The summed E-state index contributed by atoms with van der Waals surface area (Å²) in [5, 5.41) is 4.44. The number of nitrogens with two attached hydrogens (primary N) is 1. The normalized spacial score (nSPS) is 13.1. The highest BCUT2D eigenvalue weighted by Crippen LogP contribution is 2.14. The molecule has 1 aromatic rings. The molecule has 1 rings (SSSR count). The molecule has 0 aliphatic carbocycles. The Hall–Kier alpha value is -0.870. The zero-order valence-electron chi connectivity index (χ0n) is 10.1. The van der Waals surface area contributed by atoms with Crippen LogP contribution in [0.5, 0.6) is 0 Å². The second-order valence-electron chi connectivity index (χ2n) is 3.95. The van der Waals surface area contributed by atoms with Gasteiger partial charge in [0.2, 0.25) is 0 Å². The van der Waals surface area contributed by atoms with Crippen LogP contribution in [0.25, 0.3) is 0 Å². The maximum absolute atomic E-state index is 5.80. The molecule has 2 N–H and O–H groups in total. The number of hydrogen-bond acceptors (Lipinski definition) is 3. The molecule has 4 nitrogen and oxygen atoms in total. The van der Waals surface area contributed by atoms with Crippen molar-refractivity contribution in [2.75, 3.05) is 6.61 Å². The third-order valence-electron chi connectivity index (χ3n) is 2.48. The van der Waals surface area contributed by atoms with Gasteiger partial charge in [-0.25, -0.2) is 4.68 Å². The molecule has 0 spiro atoms. The number of aromatic nitrogens is 2. The largest absolute Gasteiger partial charge is 0.360 e. The molecule has 15 heavy (non-hydrogen) atoms. The van der Waals surface area contributed by atoms with Gasteiger partial charge in [0.05, 0.1) is 5.69 Å². The van der Waals surface area contributed by atoms with Crippen LogP contribution in [-0.4, -0.2) is 22.4 Å². The Morgan fingerprint density at radius 2 is 2.13 bits per heavy atom. The lowest BCUT2D eigenvalue weighted by molar-refractivity contribution is 0.0774. The molecule has 0 aromatic carbocycles. The van der Waals surface area contributed by atoms with Crippen molar-refractivity contribution in [2.45, 2.75) is 46.9 Å². The molecule has 1 aromatic heterocycles. The smallest absolute Gasteiger partial charge is 0.139 e. The van der Waals surface area contributed by atoms with Gasteiger partial charge in [-0.2, -0.15) is 5.10 Å². The van der Waals surface area contributed by atoms with Crippen LogP contribution < -0.4 is 5.73 Å². The second kappa shape index (κ2) is 5.28. The van der Waals surface area contributed by atoms with E-state index >= 15 is 0 Å². The van der Waals surface area contributed by atoms with Gasteiger partial charge in [-0.15, -0.1) is 0 Å². The van der Waals surface area contributed by atoms with E-state index in [9.17, 15) is 0 Å². The van der Waals surface area contributed by atoms with Crippen LogP contribution in [0.15, 0.2) is 0 Å². The summed E-state index contributed by atoms with van der Waals surface area (Å²) in [4.78, 5) is 0. The van der Waals surface area contributed by atoms with Crippen LogP contribution in [0.1, 0.15) is 30.8 Å². The Kier molecular flexibility index (Phi) is 4.29. The SMILES string of the molecule is CCOCn1nc(C)c(CC(C)N)c1C. The van der Waals surface area contributed by atoms with Gasteiger partial charge in [0.25, 0.3) is 0 Å². The molecule has 0 fully saturated rings. The first kappa shape index (κ1) is 12.2. The third-order valence-corrected chi connectivity index (χ3v) is 2.48. The summed E-state index contributed by atoms with van der Waals surface area (Å²) in [6.45, 7) is 9.32. The fourth-order valence-electron chi connectivity index (χ4n) is 1.65. The van der Waals surface area contributed by atoms with Crippen LogP contribution in [0.4, 0.5) is 0 Å². The molecule has 1 unspecified atom stereocenters. The molecule has 1 atom stereocenters. The fourth-order valence-corrected chi connectivity index (χ4v) is 1.65. The summed E-state index contributed by atoms with van der Waals surface area (Å²) in [5.74, 6) is 0. The standard InChI is InChI=1S/C11H21N3O/c1-5-15-7-14-10(4)11(6-8(2)12)9(3)13-14/h8H,5-7,12H2,1-4H3. The average Bonchev–Trinajstić information content (AvgIpc) is 2.42. The molecule has 4 heteroatoms. The molecule has 0 saturated heterocycles. The van der Waals surface area contributed by atoms with Crippen LogP contribution in [0.2, 0.25) is 0 Å². The van der Waals surface area contributed by atoms with Crippen molar-refractivity contribution in [1.82, 2.24) is 9.78 Å². The Balaban J connectivity index is 2.83. The van der Waals surface area contributed by atoms with E-state index < -0.39 is 0 Å². The van der Waals surface area contributed by atoms with E-state index in [0.717, 1.165) is 12.1 Å². The van der Waals surface area contributed by atoms with Gasteiger partial charge in [0.1, 0.15) is 6.73 Å². The van der Waals surface area contributed by atoms with Gasteiger partial charge in [0.15, 0.2) is 0 Å². The molecule has 1 heterocycles. The summed E-state index contributed by atoms with van der Waals surface area (Å²) >= 11 is 0. The molecular weight excluding hydrogens is 190 g/mol. The summed E-state index contributed by atoms with van der Waals surface area (Å²) in [6.07, 6.45) is 0.879. The minimum atomic E-state index is 0.173. The van der Waals surface area contributed by atoms with Crippen molar-refractivity contribution in [1.29, 1.82) is 0 Å². The Morgan fingerprint density at radius 1 is 1.47 bits per heavy atom. The minimum Gasteiger partial charge on any atom is -0.360 e. The number of nitrogens with zero attached hydrogens (tertiary/aromatic N) is 2. The summed E-state index contributed by atoms with van der Waals surface area (Å²) < 4.78 is 7.24. The third kappa shape index (κ3) is 3.04. The predicted octanol–water partition coefficient (Wildman–Crippen LogP) is 1.38. The van der Waals surface area contributed by atoms with Gasteiger partial charge >= 0.3 is 0 Å². The predicted molar refractivity (Wildman–Crippen MR) is 60.7 cm³/mol. The van der Waals surface area contributed by atoms with Crippen LogP contribution >= 0.6 is 0 Å². The molecule has 0 radical (unpaired) electrons. The van der Waals surface area contributed by atoms with Crippen LogP contribution in [-0.2, 0) is 17.9 Å². The minimum absolute atomic E-state index is 0.173. The highest BCUT2D eigenvalue weighted by atomic mass is 16.5. The van der Waals surface area contributed by atoms with E-state index in [2.05, 4.69) is 12.0 Å². The number of aryl methyl sites for hydroxylation is 1. The number of rotatable bonds is 5. The molecule has 0 bridgehead atoms. The highest BCUT2D eigenvalue weighted by Gasteiger charge is 2.12. The first-order valence-electron chi connectivity index (χ1n) is 5.42. The zero-order chi connectivity index (χ0) is 11.4. The van der Waals surface area contributed by atoms with Gasteiger partial charge in [-0.3, -0.25) is 0 Å². The van der Waals surface area contributed by atoms with E-state index in [1.54, 1.807) is 0 Å². The maximum atomic E-state index is 5.80. The highest BCUT2D eigenvalue weighted by molar-refractivity contribution is 5.25. The van der Waals surface area contributed by atoms with Crippen LogP contribution in [0, 0.1) is 13.8 Å². The lowest BCUT2D eigenvalue weighted by Gasteiger charge is -2.07. The Morgan fingerprint density at radius 3 is 2.67 bits per heavy atom. The second-order valence-corrected chi connectivity index (χ2v) is 3.95. The quantitative estimate of drug-likeness (QED) is 0.800. The topological polar surface area (TPSA) is 53.1 Å². The lowest BCUT2D eigenvalue weighted by atomic mass is 10.1. The molecule has 0 saturated carbocycles. The Labute approximate surface area is 91.4 Å². The first-order chi connectivity index (χ1) is 7.06. The lowest BCUT2D eigenvalue weighted by Crippen LogP contribution is -2.18. The van der Waals surface area contributed by atoms with Crippen molar-refractivity contribution < 1.29 is 4.74 Å². The first-order valence-corrected chi connectivity index (χ1v) is 5.42. The summed E-state index contributed by atoms with van der Waals surface area (Å²) in [7, 11) is 0. The van der Waals surface area contributed by atoms with E-state index in [1.165, 1.54) is 11.3 Å². The molecular formula is C11H21N3O. The number of hydrogen-bond donors (Lipinski definition) is 1. The van der Waals surface area contributed by atoms with E-state index in [4.69, 9.17) is 10.5 Å². The van der Waals surface area contributed by atoms with Crippen LogP contribution in [0.3, 0.4) is 0 Å². The summed E-state index contributed by atoms with van der Waals surface area (Å²) in [5.41, 5.74) is 9.28. The van der Waals surface area contributed by atoms with Crippen molar-refractivity contribution in [3.63, 3.8) is 0 Å². The van der Waals surface area contributed by atoms with E-state index in [-0.39, 0.29) is 6.04 Å². The summed E-state index contributed by atoms with van der Waals surface area (Å²) in [6, 6.07) is 0.173. The van der Waals surface area contributed by atoms with Crippen molar-refractivity contribution in [3.05, 3.63) is 17.0 Å².